The smallest absolute Gasteiger partial charge is 0.401 e. The number of amides is 1. The van der Waals surface area contributed by atoms with Crippen molar-refractivity contribution in [3.8, 4) is 0 Å². The van der Waals surface area contributed by atoms with E-state index in [1.165, 1.54) is 11.8 Å². The molecule has 0 radical (unpaired) electrons. The van der Waals surface area contributed by atoms with Crippen LogP contribution in [0.25, 0.3) is 0 Å². The average molecular weight is 286 g/mol. The van der Waals surface area contributed by atoms with Gasteiger partial charge in [-0.2, -0.15) is 13.2 Å². The maximum Gasteiger partial charge on any atom is 0.401 e. The van der Waals surface area contributed by atoms with Crippen LogP contribution in [0.1, 0.15) is 6.92 Å². The summed E-state index contributed by atoms with van der Waals surface area (Å²) in [7, 11) is 0. The Balaban J connectivity index is 2.51. The Hall–Kier alpha value is -0.960. The summed E-state index contributed by atoms with van der Waals surface area (Å²) in [5.41, 5.74) is 0. The van der Waals surface area contributed by atoms with Gasteiger partial charge in [0.1, 0.15) is 6.04 Å². The van der Waals surface area contributed by atoms with Crippen LogP contribution in [0.4, 0.5) is 13.2 Å². The van der Waals surface area contributed by atoms with Gasteiger partial charge in [0.05, 0.1) is 18.5 Å². The molecule has 0 bridgehead atoms. The van der Waals surface area contributed by atoms with Crippen molar-refractivity contribution in [1.29, 1.82) is 0 Å². The summed E-state index contributed by atoms with van der Waals surface area (Å²) in [6.07, 6.45) is -4.39. The van der Waals surface area contributed by atoms with Crippen LogP contribution in [0.5, 0.6) is 0 Å². The molecular weight excluding hydrogens is 273 g/mol. The second-order valence-electron chi connectivity index (χ2n) is 3.81. The van der Waals surface area contributed by atoms with Gasteiger partial charge in [-0.15, -0.1) is 11.8 Å². The number of rotatable bonds is 4. The lowest BCUT2D eigenvalue weighted by Gasteiger charge is -2.25. The molecular formula is C9H13F3N2O3S. The van der Waals surface area contributed by atoms with Crippen molar-refractivity contribution >= 4 is 23.6 Å². The highest BCUT2D eigenvalue weighted by molar-refractivity contribution is 8.00. The molecule has 5 nitrogen and oxygen atoms in total. The third kappa shape index (κ3) is 4.05. The third-order valence-electron chi connectivity index (χ3n) is 2.40. The summed E-state index contributed by atoms with van der Waals surface area (Å²) in [6.45, 7) is -0.144. The molecule has 1 aliphatic heterocycles. The zero-order chi connectivity index (χ0) is 13.9. The fourth-order valence-electron chi connectivity index (χ4n) is 1.61. The quantitative estimate of drug-likeness (QED) is 0.788. The molecule has 2 atom stereocenters. The number of hydrogen-bond donors (Lipinski definition) is 2. The Labute approximate surface area is 106 Å². The predicted molar refractivity (Wildman–Crippen MR) is 59.1 cm³/mol. The van der Waals surface area contributed by atoms with E-state index in [0.717, 1.165) is 4.90 Å². The first kappa shape index (κ1) is 15.1. The number of nitrogens with zero attached hydrogens (tertiary/aromatic N) is 1. The average Bonchev–Trinajstić information content (AvgIpc) is 2.58. The van der Waals surface area contributed by atoms with Gasteiger partial charge in [0.25, 0.3) is 0 Å². The third-order valence-corrected chi connectivity index (χ3v) is 3.62. The zero-order valence-electron chi connectivity index (χ0n) is 9.53. The minimum Gasteiger partial charge on any atom is -0.480 e. The predicted octanol–water partition coefficient (Wildman–Crippen LogP) is 0.513. The molecule has 2 unspecified atom stereocenters. The van der Waals surface area contributed by atoms with Crippen LogP contribution in [0.2, 0.25) is 0 Å². The fraction of sp³-hybridized carbons (Fsp3) is 0.778. The molecule has 2 N–H and O–H groups in total. The number of aliphatic carboxylic acids is 1. The summed E-state index contributed by atoms with van der Waals surface area (Å²) in [4.78, 5) is 23.7. The molecule has 0 aromatic rings. The molecule has 1 rings (SSSR count). The van der Waals surface area contributed by atoms with Gasteiger partial charge >= 0.3 is 12.1 Å². The minimum absolute atomic E-state index is 0.251. The molecule has 18 heavy (non-hydrogen) atoms. The molecule has 1 amide bonds. The molecule has 1 aliphatic rings. The number of carboxylic acids is 1. The minimum atomic E-state index is -4.39. The van der Waals surface area contributed by atoms with Gasteiger partial charge in [-0.05, 0) is 6.92 Å². The maximum atomic E-state index is 11.9. The highest BCUT2D eigenvalue weighted by atomic mass is 32.2. The summed E-state index contributed by atoms with van der Waals surface area (Å²) in [5.74, 6) is -1.53. The molecule has 0 aliphatic carbocycles. The SMILES string of the molecule is CC1SCC(C(=O)O)N1C(=O)CNCC(F)(F)F. The van der Waals surface area contributed by atoms with Crippen LogP contribution in [0.3, 0.4) is 0 Å². The first-order chi connectivity index (χ1) is 8.22. The Morgan fingerprint density at radius 1 is 1.50 bits per heavy atom. The van der Waals surface area contributed by atoms with Gasteiger partial charge in [-0.1, -0.05) is 0 Å². The van der Waals surface area contributed by atoms with Gasteiger partial charge in [-0.3, -0.25) is 4.79 Å². The summed E-state index contributed by atoms with van der Waals surface area (Å²) in [5, 5.41) is 10.5. The van der Waals surface area contributed by atoms with Crippen LogP contribution in [0.15, 0.2) is 0 Å². The van der Waals surface area contributed by atoms with Crippen LogP contribution >= 0.6 is 11.8 Å². The van der Waals surface area contributed by atoms with E-state index in [1.807, 2.05) is 5.32 Å². The maximum absolute atomic E-state index is 11.9. The Kier molecular flexibility index (Phi) is 4.85. The molecule has 0 spiro atoms. The topological polar surface area (TPSA) is 69.6 Å². The van der Waals surface area contributed by atoms with E-state index in [2.05, 4.69) is 0 Å². The number of alkyl halides is 3. The first-order valence-electron chi connectivity index (χ1n) is 5.15. The van der Waals surface area contributed by atoms with Crippen LogP contribution < -0.4 is 5.32 Å². The lowest BCUT2D eigenvalue weighted by Crippen LogP contribution is -2.48. The van der Waals surface area contributed by atoms with Gasteiger partial charge in [-0.25, -0.2) is 4.79 Å². The summed E-state index contributed by atoms with van der Waals surface area (Å²) < 4.78 is 35.6. The van der Waals surface area contributed by atoms with Crippen molar-refractivity contribution in [3.63, 3.8) is 0 Å². The Bertz CT molecular complexity index is 338. The van der Waals surface area contributed by atoms with Gasteiger partial charge < -0.3 is 15.3 Å². The van der Waals surface area contributed by atoms with Crippen molar-refractivity contribution < 1.29 is 27.9 Å². The van der Waals surface area contributed by atoms with Crippen LogP contribution in [-0.4, -0.2) is 58.3 Å². The van der Waals surface area contributed by atoms with E-state index in [-0.39, 0.29) is 11.1 Å². The molecule has 0 aromatic heterocycles. The largest absolute Gasteiger partial charge is 0.480 e. The van der Waals surface area contributed by atoms with Crippen molar-refractivity contribution in [3.05, 3.63) is 0 Å². The van der Waals surface area contributed by atoms with Crippen molar-refractivity contribution in [2.45, 2.75) is 24.5 Å². The molecule has 9 heteroatoms. The molecule has 104 valence electrons. The summed E-state index contributed by atoms with van der Waals surface area (Å²) >= 11 is 1.28. The van der Waals surface area contributed by atoms with Gasteiger partial charge in [0.2, 0.25) is 5.91 Å². The monoisotopic (exact) mass is 286 g/mol. The number of carboxylic acid groups (broad SMARTS) is 1. The van der Waals surface area contributed by atoms with E-state index < -0.39 is 37.2 Å². The number of carbonyl (C=O) groups excluding carboxylic acids is 1. The second kappa shape index (κ2) is 5.79. The van der Waals surface area contributed by atoms with E-state index >= 15 is 0 Å². The Morgan fingerprint density at radius 2 is 2.11 bits per heavy atom. The zero-order valence-corrected chi connectivity index (χ0v) is 10.3. The number of carbonyl (C=O) groups is 2. The van der Waals surface area contributed by atoms with Crippen molar-refractivity contribution in [2.75, 3.05) is 18.8 Å². The van der Waals surface area contributed by atoms with Gasteiger partial charge in [0.15, 0.2) is 0 Å². The molecule has 0 aromatic carbocycles. The number of hydrogen-bond acceptors (Lipinski definition) is 4. The van der Waals surface area contributed by atoms with Crippen LogP contribution in [-0.2, 0) is 9.59 Å². The van der Waals surface area contributed by atoms with E-state index in [4.69, 9.17) is 5.11 Å². The molecule has 1 heterocycles. The van der Waals surface area contributed by atoms with E-state index in [1.54, 1.807) is 6.92 Å². The van der Waals surface area contributed by atoms with Crippen molar-refractivity contribution in [2.24, 2.45) is 0 Å². The molecule has 1 fully saturated rings. The normalized spacial score (nSPS) is 24.3. The lowest BCUT2D eigenvalue weighted by atomic mass is 10.2. The number of halogens is 3. The van der Waals surface area contributed by atoms with Gasteiger partial charge in [0, 0.05) is 5.75 Å². The lowest BCUT2D eigenvalue weighted by molar-refractivity contribution is -0.149. The highest BCUT2D eigenvalue weighted by Gasteiger charge is 2.39. The second-order valence-corrected chi connectivity index (χ2v) is 5.16. The molecule has 1 saturated heterocycles. The van der Waals surface area contributed by atoms with E-state index in [0.29, 0.717) is 0 Å². The number of nitrogens with one attached hydrogen (secondary N) is 1. The summed E-state index contributed by atoms with van der Waals surface area (Å²) in [6, 6.07) is -0.967. The number of thioether (sulfide) groups is 1. The Morgan fingerprint density at radius 3 is 2.61 bits per heavy atom. The standard InChI is InChI=1S/C9H13F3N2O3S/c1-5-14(6(3-18-5)8(16)17)7(15)2-13-4-9(10,11)12/h5-6,13H,2-4H2,1H3,(H,16,17). The van der Waals surface area contributed by atoms with Crippen molar-refractivity contribution in [1.82, 2.24) is 10.2 Å². The molecule has 0 saturated carbocycles. The van der Waals surface area contributed by atoms with E-state index in [9.17, 15) is 22.8 Å². The first-order valence-corrected chi connectivity index (χ1v) is 6.20. The van der Waals surface area contributed by atoms with Crippen LogP contribution in [0, 0.1) is 0 Å². The fourth-order valence-corrected chi connectivity index (χ4v) is 2.80. The highest BCUT2D eigenvalue weighted by Crippen LogP contribution is 2.28.